The van der Waals surface area contributed by atoms with E-state index in [2.05, 4.69) is 4.74 Å². The van der Waals surface area contributed by atoms with Gasteiger partial charge in [0.1, 0.15) is 0 Å². The Kier molecular flexibility index (Phi) is 4.11. The van der Waals surface area contributed by atoms with E-state index in [1.807, 2.05) is 0 Å². The SMILES string of the molecule is COC(=O)C(F)(F)C(F)(F)C(F)(F)C(F)(F)C(=O)O. The van der Waals surface area contributed by atoms with Gasteiger partial charge in [-0.1, -0.05) is 0 Å². The van der Waals surface area contributed by atoms with Gasteiger partial charge in [-0.2, -0.15) is 35.1 Å². The molecule has 0 radical (unpaired) electrons. The molecule has 0 aromatic rings. The van der Waals surface area contributed by atoms with Crippen molar-refractivity contribution in [2.45, 2.75) is 23.7 Å². The van der Waals surface area contributed by atoms with E-state index >= 15 is 0 Å². The van der Waals surface area contributed by atoms with Crippen molar-refractivity contribution in [3.05, 3.63) is 0 Å². The van der Waals surface area contributed by atoms with Crippen LogP contribution in [0.2, 0.25) is 0 Å². The molecule has 0 fully saturated rings. The van der Waals surface area contributed by atoms with Gasteiger partial charge in [0.05, 0.1) is 7.11 Å². The molecule has 0 aliphatic carbocycles. The second-order valence-electron chi connectivity index (χ2n) is 3.09. The summed E-state index contributed by atoms with van der Waals surface area (Å²) in [6.07, 6.45) is 0. The average molecular weight is 304 g/mol. The summed E-state index contributed by atoms with van der Waals surface area (Å²) in [6, 6.07) is 0. The fourth-order valence-corrected chi connectivity index (χ4v) is 0.785. The molecule has 0 saturated heterocycles. The molecule has 0 aromatic carbocycles. The van der Waals surface area contributed by atoms with Gasteiger partial charge < -0.3 is 9.84 Å². The van der Waals surface area contributed by atoms with E-state index in [4.69, 9.17) is 5.11 Å². The highest BCUT2D eigenvalue weighted by Crippen LogP contribution is 2.52. The van der Waals surface area contributed by atoms with E-state index in [0.717, 1.165) is 0 Å². The third-order valence-corrected chi connectivity index (χ3v) is 1.89. The highest BCUT2D eigenvalue weighted by Gasteiger charge is 2.85. The standard InChI is InChI=1S/C7H4F8O4/c1-19-3(18)5(10,11)7(14,15)6(12,13)4(8,9)2(16)17/h1H3,(H,16,17). The van der Waals surface area contributed by atoms with Gasteiger partial charge in [0, 0.05) is 0 Å². The zero-order valence-electron chi connectivity index (χ0n) is 8.70. The summed E-state index contributed by atoms with van der Waals surface area (Å²) in [5.74, 6) is -33.9. The minimum absolute atomic E-state index is 0.111. The highest BCUT2D eigenvalue weighted by molar-refractivity contribution is 5.81. The molecule has 1 N–H and O–H groups in total. The molecule has 0 atom stereocenters. The molecule has 19 heavy (non-hydrogen) atoms. The number of alkyl halides is 8. The van der Waals surface area contributed by atoms with Gasteiger partial charge in [-0.05, 0) is 0 Å². The predicted octanol–water partition coefficient (Wildman–Crippen LogP) is 1.79. The van der Waals surface area contributed by atoms with Gasteiger partial charge in [0.15, 0.2) is 0 Å². The Hall–Kier alpha value is -1.62. The van der Waals surface area contributed by atoms with E-state index in [-0.39, 0.29) is 7.11 Å². The second-order valence-corrected chi connectivity index (χ2v) is 3.09. The first-order chi connectivity index (χ1) is 8.17. The molecule has 0 heterocycles. The van der Waals surface area contributed by atoms with Gasteiger partial charge in [0.2, 0.25) is 0 Å². The summed E-state index contributed by atoms with van der Waals surface area (Å²) in [6.45, 7) is 0. The summed E-state index contributed by atoms with van der Waals surface area (Å²) < 4.78 is 104. The molecule has 0 bridgehead atoms. The number of rotatable bonds is 5. The highest BCUT2D eigenvalue weighted by atomic mass is 19.4. The Labute approximate surface area is 98.5 Å². The Balaban J connectivity index is 5.90. The number of hydrogen-bond donors (Lipinski definition) is 1. The van der Waals surface area contributed by atoms with Crippen molar-refractivity contribution in [2.75, 3.05) is 7.11 Å². The predicted molar refractivity (Wildman–Crippen MR) is 39.4 cm³/mol. The minimum atomic E-state index is -7.04. The number of ether oxygens (including phenoxy) is 1. The molecule has 0 saturated carbocycles. The third kappa shape index (κ3) is 2.18. The van der Waals surface area contributed by atoms with Crippen molar-refractivity contribution in [1.29, 1.82) is 0 Å². The lowest BCUT2D eigenvalue weighted by Gasteiger charge is -2.33. The second kappa shape index (κ2) is 4.49. The van der Waals surface area contributed by atoms with Gasteiger partial charge in [0.25, 0.3) is 0 Å². The van der Waals surface area contributed by atoms with Crippen LogP contribution in [-0.2, 0) is 14.3 Å². The Morgan fingerprint density at radius 2 is 1.16 bits per heavy atom. The lowest BCUT2D eigenvalue weighted by atomic mass is 9.98. The first-order valence-corrected chi connectivity index (χ1v) is 4.01. The number of carboxylic acids is 1. The lowest BCUT2D eigenvalue weighted by Crippen LogP contribution is -2.66. The monoisotopic (exact) mass is 304 g/mol. The summed E-state index contributed by atoms with van der Waals surface area (Å²) in [5, 5.41) is 7.68. The van der Waals surface area contributed by atoms with Gasteiger partial charge >= 0.3 is 35.6 Å². The van der Waals surface area contributed by atoms with Crippen molar-refractivity contribution in [3.63, 3.8) is 0 Å². The van der Waals surface area contributed by atoms with Crippen LogP contribution in [0, 0.1) is 0 Å². The Morgan fingerprint density at radius 3 is 1.42 bits per heavy atom. The maximum absolute atomic E-state index is 12.7. The number of carbonyl (C=O) groups is 2. The van der Waals surface area contributed by atoms with Gasteiger partial charge in [-0.15, -0.1) is 0 Å². The topological polar surface area (TPSA) is 63.6 Å². The van der Waals surface area contributed by atoms with Crippen LogP contribution < -0.4 is 0 Å². The molecular formula is C7H4F8O4. The minimum Gasteiger partial charge on any atom is -0.477 e. The molecule has 0 amide bonds. The fraction of sp³-hybridized carbons (Fsp3) is 0.714. The maximum Gasteiger partial charge on any atom is 0.410 e. The van der Waals surface area contributed by atoms with E-state index < -0.39 is 35.6 Å². The van der Waals surface area contributed by atoms with E-state index in [9.17, 15) is 44.7 Å². The van der Waals surface area contributed by atoms with Crippen LogP contribution in [0.4, 0.5) is 35.1 Å². The van der Waals surface area contributed by atoms with Crippen LogP contribution in [-0.4, -0.2) is 47.8 Å². The molecule has 0 aromatic heterocycles. The normalized spacial score (nSPS) is 14.2. The number of carboxylic acid groups (broad SMARTS) is 1. The molecule has 4 nitrogen and oxygen atoms in total. The largest absolute Gasteiger partial charge is 0.477 e. The van der Waals surface area contributed by atoms with Crippen molar-refractivity contribution in [1.82, 2.24) is 0 Å². The number of halogens is 8. The summed E-state index contributed by atoms with van der Waals surface area (Å²) in [4.78, 5) is 20.0. The van der Waals surface area contributed by atoms with Gasteiger partial charge in [-0.3, -0.25) is 0 Å². The molecular weight excluding hydrogens is 300 g/mol. The van der Waals surface area contributed by atoms with Crippen LogP contribution in [0.5, 0.6) is 0 Å². The molecule has 0 unspecified atom stereocenters. The van der Waals surface area contributed by atoms with Crippen molar-refractivity contribution < 1.29 is 54.6 Å². The number of hydrogen-bond acceptors (Lipinski definition) is 3. The molecule has 0 aliphatic rings. The number of carbonyl (C=O) groups excluding carboxylic acids is 1. The number of methoxy groups -OCH3 is 1. The Bertz CT molecular complexity index is 391. The summed E-state index contributed by atoms with van der Waals surface area (Å²) >= 11 is 0. The zero-order valence-corrected chi connectivity index (χ0v) is 8.70. The lowest BCUT2D eigenvalue weighted by molar-refractivity contribution is -0.353. The van der Waals surface area contributed by atoms with Crippen LogP contribution in [0.15, 0.2) is 0 Å². The molecule has 12 heteroatoms. The van der Waals surface area contributed by atoms with E-state index in [0.29, 0.717) is 0 Å². The van der Waals surface area contributed by atoms with Crippen LogP contribution in [0.1, 0.15) is 0 Å². The van der Waals surface area contributed by atoms with Crippen molar-refractivity contribution in [2.24, 2.45) is 0 Å². The summed E-state index contributed by atoms with van der Waals surface area (Å²) in [7, 11) is 0.111. The van der Waals surface area contributed by atoms with Crippen molar-refractivity contribution in [3.8, 4) is 0 Å². The zero-order chi connectivity index (χ0) is 15.9. The van der Waals surface area contributed by atoms with E-state index in [1.165, 1.54) is 0 Å². The molecule has 112 valence electrons. The van der Waals surface area contributed by atoms with Crippen LogP contribution >= 0.6 is 0 Å². The fourth-order valence-electron chi connectivity index (χ4n) is 0.785. The molecule has 0 rings (SSSR count). The first kappa shape index (κ1) is 17.4. The molecule has 0 spiro atoms. The maximum atomic E-state index is 12.7. The quantitative estimate of drug-likeness (QED) is 0.621. The average Bonchev–Trinajstić information content (AvgIpc) is 2.26. The number of esters is 1. The smallest absolute Gasteiger partial charge is 0.410 e. The number of aliphatic carboxylic acids is 1. The van der Waals surface area contributed by atoms with Crippen molar-refractivity contribution >= 4 is 11.9 Å². The van der Waals surface area contributed by atoms with Gasteiger partial charge in [-0.25, -0.2) is 9.59 Å². The summed E-state index contributed by atoms with van der Waals surface area (Å²) in [5.41, 5.74) is 0. The van der Waals surface area contributed by atoms with Crippen LogP contribution in [0.3, 0.4) is 0 Å². The molecule has 0 aliphatic heterocycles. The Morgan fingerprint density at radius 1 is 0.842 bits per heavy atom. The van der Waals surface area contributed by atoms with E-state index in [1.54, 1.807) is 0 Å². The third-order valence-electron chi connectivity index (χ3n) is 1.89. The van der Waals surface area contributed by atoms with Crippen LogP contribution in [0.25, 0.3) is 0 Å². The first-order valence-electron chi connectivity index (χ1n) is 4.01.